The van der Waals surface area contributed by atoms with Crippen LogP contribution in [0.4, 0.5) is 4.79 Å². The van der Waals surface area contributed by atoms with Crippen molar-refractivity contribution in [1.29, 1.82) is 0 Å². The second-order valence-corrected chi connectivity index (χ2v) is 5.34. The number of hydrogen-bond donors (Lipinski definition) is 4. The molecule has 0 heterocycles. The van der Waals surface area contributed by atoms with Crippen LogP contribution in [-0.4, -0.2) is 34.4 Å². The minimum atomic E-state index is -4.90. The summed E-state index contributed by atoms with van der Waals surface area (Å²) in [5, 5.41) is 4.38. The molecule has 1 aromatic carbocycles. The molecule has 104 valence electrons. The summed E-state index contributed by atoms with van der Waals surface area (Å²) in [6.45, 7) is 0. The van der Waals surface area contributed by atoms with Gasteiger partial charge >= 0.3 is 13.2 Å². The van der Waals surface area contributed by atoms with Gasteiger partial charge in [0, 0.05) is 13.5 Å². The van der Waals surface area contributed by atoms with E-state index in [0.29, 0.717) is 0 Å². The van der Waals surface area contributed by atoms with Crippen molar-refractivity contribution < 1.29 is 23.9 Å². The largest absolute Gasteiger partial charge is 0.413 e. The van der Waals surface area contributed by atoms with E-state index in [9.17, 15) is 14.2 Å². The van der Waals surface area contributed by atoms with Gasteiger partial charge in [0.2, 0.25) is 5.91 Å². The van der Waals surface area contributed by atoms with Crippen molar-refractivity contribution in [2.24, 2.45) is 0 Å². The van der Waals surface area contributed by atoms with Crippen molar-refractivity contribution in [2.45, 2.75) is 12.5 Å². The van der Waals surface area contributed by atoms with Gasteiger partial charge in [-0.15, -0.1) is 0 Å². The van der Waals surface area contributed by atoms with Crippen molar-refractivity contribution in [1.82, 2.24) is 10.6 Å². The fourth-order valence-electron chi connectivity index (χ4n) is 1.47. The quantitative estimate of drug-likeness (QED) is 0.578. The van der Waals surface area contributed by atoms with Gasteiger partial charge in [0.05, 0.1) is 0 Å². The van der Waals surface area contributed by atoms with Gasteiger partial charge in [-0.05, 0) is 5.56 Å². The Bertz CT molecular complexity index is 499. The van der Waals surface area contributed by atoms with Crippen LogP contribution in [0.5, 0.6) is 0 Å². The van der Waals surface area contributed by atoms with E-state index in [1.54, 1.807) is 30.3 Å². The van der Waals surface area contributed by atoms with E-state index in [1.807, 2.05) is 5.32 Å². The molecule has 2 amide bonds. The van der Waals surface area contributed by atoms with Crippen LogP contribution in [0.2, 0.25) is 0 Å². The molecule has 0 spiro atoms. The van der Waals surface area contributed by atoms with Crippen LogP contribution in [0.3, 0.4) is 0 Å². The standard InChI is InChI=1S/C11H15N2O5P/c1-12-10(14)9(13-11(15)19(16,17)18)7-8-5-3-2-4-6-8/h2-6,9H,7H2,1H3,(H,12,14)(H,13,15)(H2,16,17,18). The normalized spacial score (nSPS) is 12.6. The molecule has 1 atom stereocenters. The highest BCUT2D eigenvalue weighted by Gasteiger charge is 2.30. The zero-order chi connectivity index (χ0) is 14.5. The van der Waals surface area contributed by atoms with E-state index >= 15 is 0 Å². The lowest BCUT2D eigenvalue weighted by Gasteiger charge is -2.17. The maximum absolute atomic E-state index is 11.6. The third kappa shape index (κ3) is 4.82. The Morgan fingerprint density at radius 3 is 2.32 bits per heavy atom. The Labute approximate surface area is 110 Å². The maximum Gasteiger partial charge on any atom is 0.413 e. The highest BCUT2D eigenvalue weighted by atomic mass is 31.2. The van der Waals surface area contributed by atoms with Crippen LogP contribution in [0.1, 0.15) is 5.56 Å². The first kappa shape index (κ1) is 15.4. The topological polar surface area (TPSA) is 116 Å². The zero-order valence-corrected chi connectivity index (χ0v) is 11.1. The number of carbonyl (C=O) groups is 2. The first-order valence-corrected chi connectivity index (χ1v) is 7.08. The molecule has 1 unspecified atom stereocenters. The van der Waals surface area contributed by atoms with E-state index in [0.717, 1.165) is 5.56 Å². The average Bonchev–Trinajstić information content (AvgIpc) is 2.37. The highest BCUT2D eigenvalue weighted by Crippen LogP contribution is 2.35. The molecule has 0 aliphatic rings. The van der Waals surface area contributed by atoms with E-state index in [2.05, 4.69) is 5.32 Å². The summed E-state index contributed by atoms with van der Waals surface area (Å²) < 4.78 is 10.8. The summed E-state index contributed by atoms with van der Waals surface area (Å²) in [6, 6.07) is 7.79. The van der Waals surface area contributed by atoms with Crippen molar-refractivity contribution in [3.8, 4) is 0 Å². The smallest absolute Gasteiger partial charge is 0.357 e. The molecule has 0 radical (unpaired) electrons. The summed E-state index contributed by atoms with van der Waals surface area (Å²) in [7, 11) is -3.52. The van der Waals surface area contributed by atoms with Gasteiger partial charge in [0.15, 0.2) is 0 Å². The van der Waals surface area contributed by atoms with Crippen LogP contribution < -0.4 is 10.6 Å². The molecule has 0 saturated carbocycles. The Morgan fingerprint density at radius 1 is 1.26 bits per heavy atom. The SMILES string of the molecule is CNC(=O)C(Cc1ccccc1)NC(=O)P(=O)(O)O. The molecule has 0 aromatic heterocycles. The van der Waals surface area contributed by atoms with E-state index in [1.165, 1.54) is 7.05 Å². The number of carbonyl (C=O) groups excluding carboxylic acids is 2. The van der Waals surface area contributed by atoms with Crippen LogP contribution >= 0.6 is 7.60 Å². The van der Waals surface area contributed by atoms with Crippen LogP contribution in [0, 0.1) is 0 Å². The molecule has 0 bridgehead atoms. The van der Waals surface area contributed by atoms with Gasteiger partial charge in [-0.2, -0.15) is 0 Å². The van der Waals surface area contributed by atoms with Crippen molar-refractivity contribution >= 4 is 19.2 Å². The Kier molecular flexibility index (Phi) is 5.23. The fraction of sp³-hybridized carbons (Fsp3) is 0.273. The number of hydrogen-bond acceptors (Lipinski definition) is 3. The van der Waals surface area contributed by atoms with Gasteiger partial charge in [-0.25, -0.2) is 4.57 Å². The van der Waals surface area contributed by atoms with Crippen molar-refractivity contribution in [2.75, 3.05) is 7.05 Å². The first-order chi connectivity index (χ1) is 8.84. The average molecular weight is 286 g/mol. The number of likely N-dealkylation sites (N-methyl/N-ethyl adjacent to an activating group) is 1. The second-order valence-electron chi connectivity index (χ2n) is 3.85. The molecular weight excluding hydrogens is 271 g/mol. The third-order valence-corrected chi connectivity index (χ3v) is 3.07. The number of rotatable bonds is 5. The molecule has 0 fully saturated rings. The Balaban J connectivity index is 2.82. The van der Waals surface area contributed by atoms with Crippen molar-refractivity contribution in [3.05, 3.63) is 35.9 Å². The predicted octanol–water partition coefficient (Wildman–Crippen LogP) is 0.231. The van der Waals surface area contributed by atoms with Crippen LogP contribution in [-0.2, 0) is 15.8 Å². The molecule has 1 rings (SSSR count). The van der Waals surface area contributed by atoms with Gasteiger partial charge in [-0.1, -0.05) is 30.3 Å². The predicted molar refractivity (Wildman–Crippen MR) is 68.6 cm³/mol. The lowest BCUT2D eigenvalue weighted by molar-refractivity contribution is -0.122. The lowest BCUT2D eigenvalue weighted by atomic mass is 10.1. The van der Waals surface area contributed by atoms with Gasteiger partial charge in [-0.3, -0.25) is 9.59 Å². The first-order valence-electron chi connectivity index (χ1n) is 5.46. The van der Waals surface area contributed by atoms with E-state index in [-0.39, 0.29) is 6.42 Å². The van der Waals surface area contributed by atoms with Gasteiger partial charge in [0.25, 0.3) is 0 Å². The van der Waals surface area contributed by atoms with Crippen LogP contribution in [0.15, 0.2) is 30.3 Å². The Morgan fingerprint density at radius 2 is 1.84 bits per heavy atom. The molecule has 19 heavy (non-hydrogen) atoms. The number of nitrogens with one attached hydrogen (secondary N) is 2. The summed E-state index contributed by atoms with van der Waals surface area (Å²) >= 11 is 0. The lowest BCUT2D eigenvalue weighted by Crippen LogP contribution is -2.46. The van der Waals surface area contributed by atoms with Crippen molar-refractivity contribution in [3.63, 3.8) is 0 Å². The van der Waals surface area contributed by atoms with E-state index in [4.69, 9.17) is 9.79 Å². The number of amides is 2. The van der Waals surface area contributed by atoms with Crippen LogP contribution in [0.25, 0.3) is 0 Å². The molecule has 7 nitrogen and oxygen atoms in total. The fourth-order valence-corrected chi connectivity index (χ4v) is 1.79. The molecule has 0 aliphatic carbocycles. The molecule has 0 aliphatic heterocycles. The minimum Gasteiger partial charge on any atom is -0.357 e. The minimum absolute atomic E-state index is 0.145. The summed E-state index contributed by atoms with van der Waals surface area (Å²) in [6.07, 6.45) is 0.145. The van der Waals surface area contributed by atoms with Gasteiger partial charge in [0.1, 0.15) is 6.04 Å². The molecular formula is C11H15N2O5P. The third-order valence-electron chi connectivity index (χ3n) is 2.41. The summed E-state index contributed by atoms with van der Waals surface area (Å²) in [4.78, 5) is 40.3. The van der Waals surface area contributed by atoms with Gasteiger partial charge < -0.3 is 20.4 Å². The summed E-state index contributed by atoms with van der Waals surface area (Å²) in [5.74, 6) is -0.523. The Hall–Kier alpha value is -1.69. The zero-order valence-electron chi connectivity index (χ0n) is 10.2. The molecule has 4 N–H and O–H groups in total. The van der Waals surface area contributed by atoms with E-state index < -0.39 is 25.2 Å². The molecule has 8 heteroatoms. The monoisotopic (exact) mass is 286 g/mol. The summed E-state index contributed by atoms with van der Waals surface area (Å²) in [5.41, 5.74) is -0.695. The highest BCUT2D eigenvalue weighted by molar-refractivity contribution is 7.69. The maximum atomic E-state index is 11.6. The number of benzene rings is 1. The molecule has 0 saturated heterocycles. The molecule has 1 aromatic rings. The second kappa shape index (κ2) is 6.47.